The van der Waals surface area contributed by atoms with Gasteiger partial charge in [0.1, 0.15) is 6.04 Å². The minimum atomic E-state index is -1.05. The lowest BCUT2D eigenvalue weighted by Crippen LogP contribution is -2.52. The van der Waals surface area contributed by atoms with Gasteiger partial charge in [-0.05, 0) is 43.5 Å². The first-order valence-electron chi connectivity index (χ1n) is 10.5. The quantitative estimate of drug-likeness (QED) is 0.538. The first-order valence-corrected chi connectivity index (χ1v) is 10.5. The van der Waals surface area contributed by atoms with E-state index in [1.807, 2.05) is 63.2 Å². The second-order valence-corrected chi connectivity index (χ2v) is 8.73. The Bertz CT molecular complexity index is 915. The number of rotatable bonds is 10. The number of carbonyl (C=O) groups excluding carboxylic acids is 3. The van der Waals surface area contributed by atoms with Gasteiger partial charge in [-0.25, -0.2) is 0 Å². The van der Waals surface area contributed by atoms with Gasteiger partial charge in [0.15, 0.2) is 5.78 Å². The van der Waals surface area contributed by atoms with Gasteiger partial charge in [-0.15, -0.1) is 0 Å². The number of ketones is 1. The Morgan fingerprint density at radius 1 is 1.06 bits per heavy atom. The lowest BCUT2D eigenvalue weighted by Gasteiger charge is -2.23. The molecule has 0 radical (unpaired) electrons. The van der Waals surface area contributed by atoms with E-state index in [2.05, 4.69) is 10.6 Å². The van der Waals surface area contributed by atoms with Crippen LogP contribution in [0.2, 0.25) is 0 Å². The van der Waals surface area contributed by atoms with Crippen LogP contribution in [0.25, 0.3) is 10.8 Å². The van der Waals surface area contributed by atoms with Crippen molar-refractivity contribution in [3.63, 3.8) is 0 Å². The number of nitrogens with two attached hydrogens (primary N) is 1. The molecule has 31 heavy (non-hydrogen) atoms. The Balaban J connectivity index is 1.96. The van der Waals surface area contributed by atoms with Gasteiger partial charge in [-0.3, -0.25) is 14.4 Å². The molecule has 0 aliphatic rings. The van der Waals surface area contributed by atoms with Crippen LogP contribution in [0.15, 0.2) is 42.5 Å². The zero-order valence-corrected chi connectivity index (χ0v) is 18.7. The van der Waals surface area contributed by atoms with E-state index in [4.69, 9.17) is 10.5 Å². The summed E-state index contributed by atoms with van der Waals surface area (Å²) in [5, 5.41) is 7.64. The van der Waals surface area contributed by atoms with Crippen LogP contribution >= 0.6 is 0 Å². The molecule has 168 valence electrons. The van der Waals surface area contributed by atoms with Crippen molar-refractivity contribution in [2.24, 2.45) is 5.73 Å². The third-order valence-electron chi connectivity index (χ3n) is 4.82. The summed E-state index contributed by atoms with van der Waals surface area (Å²) >= 11 is 0. The van der Waals surface area contributed by atoms with Gasteiger partial charge in [0, 0.05) is 19.1 Å². The zero-order valence-electron chi connectivity index (χ0n) is 18.7. The molecular weight excluding hydrogens is 394 g/mol. The average molecular weight is 428 g/mol. The molecule has 2 aromatic rings. The van der Waals surface area contributed by atoms with Crippen LogP contribution in [0.4, 0.5) is 0 Å². The monoisotopic (exact) mass is 427 g/mol. The molecule has 2 rings (SSSR count). The maximum absolute atomic E-state index is 12.8. The maximum Gasteiger partial charge on any atom is 0.238 e. The fraction of sp³-hybridized carbons (Fsp3) is 0.458. The van der Waals surface area contributed by atoms with Crippen LogP contribution in [0.3, 0.4) is 0 Å². The predicted molar refractivity (Wildman–Crippen MR) is 122 cm³/mol. The molecule has 7 heteroatoms. The Kier molecular flexibility index (Phi) is 8.71. The summed E-state index contributed by atoms with van der Waals surface area (Å²) in [5.41, 5.74) is 6.54. The molecule has 0 fully saturated rings. The van der Waals surface area contributed by atoms with E-state index < -0.39 is 23.5 Å². The molecule has 0 spiro atoms. The summed E-state index contributed by atoms with van der Waals surface area (Å²) in [6.45, 7) is 5.58. The van der Waals surface area contributed by atoms with Crippen molar-refractivity contribution in [1.82, 2.24) is 10.6 Å². The molecule has 2 aromatic carbocycles. The SMILES string of the molecule is COC[C@H](NC(=O)[C@@H](N)CC(=O)NC(C)(C)C)C(=O)CCc1cccc2ccccc12. The molecule has 0 heterocycles. The van der Waals surface area contributed by atoms with Crippen LogP contribution in [0, 0.1) is 0 Å². The van der Waals surface area contributed by atoms with Crippen molar-refractivity contribution < 1.29 is 19.1 Å². The average Bonchev–Trinajstić information content (AvgIpc) is 2.70. The van der Waals surface area contributed by atoms with Gasteiger partial charge in [-0.2, -0.15) is 0 Å². The van der Waals surface area contributed by atoms with E-state index in [0.29, 0.717) is 6.42 Å². The van der Waals surface area contributed by atoms with Crippen molar-refractivity contribution in [3.05, 3.63) is 48.0 Å². The lowest BCUT2D eigenvalue weighted by molar-refractivity contribution is -0.131. The number of nitrogens with one attached hydrogen (secondary N) is 2. The van der Waals surface area contributed by atoms with E-state index in [9.17, 15) is 14.4 Å². The van der Waals surface area contributed by atoms with Gasteiger partial charge < -0.3 is 21.1 Å². The molecule has 0 aliphatic heterocycles. The second-order valence-electron chi connectivity index (χ2n) is 8.73. The van der Waals surface area contributed by atoms with Crippen LogP contribution in [-0.4, -0.2) is 48.9 Å². The van der Waals surface area contributed by atoms with Gasteiger partial charge in [0.25, 0.3) is 0 Å². The summed E-state index contributed by atoms with van der Waals surface area (Å²) in [6.07, 6.45) is 0.644. The molecule has 2 atom stereocenters. The van der Waals surface area contributed by atoms with Crippen molar-refractivity contribution in [2.45, 2.75) is 57.7 Å². The van der Waals surface area contributed by atoms with Crippen molar-refractivity contribution in [1.29, 1.82) is 0 Å². The number of aryl methyl sites for hydroxylation is 1. The van der Waals surface area contributed by atoms with Crippen LogP contribution in [0.1, 0.15) is 39.2 Å². The molecule has 0 bridgehead atoms. The number of hydrogen-bond acceptors (Lipinski definition) is 5. The molecule has 0 aliphatic carbocycles. The number of fused-ring (bicyclic) bond motifs is 1. The molecule has 0 saturated carbocycles. The van der Waals surface area contributed by atoms with Gasteiger partial charge in [-0.1, -0.05) is 42.5 Å². The molecule has 0 saturated heterocycles. The van der Waals surface area contributed by atoms with Gasteiger partial charge in [0.05, 0.1) is 19.1 Å². The summed E-state index contributed by atoms with van der Waals surface area (Å²) in [5.74, 6) is -1.01. The summed E-state index contributed by atoms with van der Waals surface area (Å²) in [7, 11) is 1.47. The van der Waals surface area contributed by atoms with Crippen molar-refractivity contribution in [2.75, 3.05) is 13.7 Å². The molecule has 4 N–H and O–H groups in total. The molecule has 0 aromatic heterocycles. The highest BCUT2D eigenvalue weighted by Gasteiger charge is 2.26. The summed E-state index contributed by atoms with van der Waals surface area (Å²) in [6, 6.07) is 12.2. The number of ether oxygens (including phenoxy) is 1. The number of hydrogen-bond donors (Lipinski definition) is 3. The molecular formula is C24H33N3O4. The van der Waals surface area contributed by atoms with Crippen LogP contribution < -0.4 is 16.4 Å². The normalized spacial score (nSPS) is 13.5. The third-order valence-corrected chi connectivity index (χ3v) is 4.82. The largest absolute Gasteiger partial charge is 0.382 e. The number of Topliss-reactive ketones (excluding diaryl/α,β-unsaturated/α-hetero) is 1. The Hall–Kier alpha value is -2.77. The minimum Gasteiger partial charge on any atom is -0.382 e. The fourth-order valence-corrected chi connectivity index (χ4v) is 3.36. The molecule has 2 amide bonds. The molecule has 7 nitrogen and oxygen atoms in total. The van der Waals surface area contributed by atoms with Crippen molar-refractivity contribution >= 4 is 28.4 Å². The van der Waals surface area contributed by atoms with E-state index in [0.717, 1.165) is 16.3 Å². The zero-order chi connectivity index (χ0) is 23.0. The Morgan fingerprint density at radius 2 is 1.74 bits per heavy atom. The first kappa shape index (κ1) is 24.5. The summed E-state index contributed by atoms with van der Waals surface area (Å²) < 4.78 is 5.12. The van der Waals surface area contributed by atoms with E-state index in [-0.39, 0.29) is 31.1 Å². The maximum atomic E-state index is 12.8. The van der Waals surface area contributed by atoms with Gasteiger partial charge >= 0.3 is 0 Å². The fourth-order valence-electron chi connectivity index (χ4n) is 3.36. The number of carbonyl (C=O) groups is 3. The molecule has 0 unspecified atom stereocenters. The number of amides is 2. The predicted octanol–water partition coefficient (Wildman–Crippen LogP) is 2.10. The summed E-state index contributed by atoms with van der Waals surface area (Å²) in [4.78, 5) is 37.3. The van der Waals surface area contributed by atoms with Crippen LogP contribution in [0.5, 0.6) is 0 Å². The van der Waals surface area contributed by atoms with E-state index >= 15 is 0 Å². The van der Waals surface area contributed by atoms with E-state index in [1.54, 1.807) is 0 Å². The highest BCUT2D eigenvalue weighted by atomic mass is 16.5. The topological polar surface area (TPSA) is 111 Å². The minimum absolute atomic E-state index is 0.0427. The number of benzene rings is 2. The highest BCUT2D eigenvalue weighted by Crippen LogP contribution is 2.20. The van der Waals surface area contributed by atoms with Gasteiger partial charge in [0.2, 0.25) is 11.8 Å². The van der Waals surface area contributed by atoms with E-state index in [1.165, 1.54) is 7.11 Å². The van der Waals surface area contributed by atoms with Crippen molar-refractivity contribution in [3.8, 4) is 0 Å². The smallest absolute Gasteiger partial charge is 0.238 e. The second kappa shape index (κ2) is 11.0. The van der Waals surface area contributed by atoms with Crippen LogP contribution in [-0.2, 0) is 25.5 Å². The third kappa shape index (κ3) is 7.77. The highest BCUT2D eigenvalue weighted by molar-refractivity contribution is 5.93. The lowest BCUT2D eigenvalue weighted by atomic mass is 9.98. The number of methoxy groups -OCH3 is 1. The standard InChI is InChI=1S/C24H33N3O4/c1-24(2,3)27-22(29)14-19(25)23(30)26-20(15-31-4)21(28)13-12-17-10-7-9-16-8-5-6-11-18(16)17/h5-11,19-20H,12-15,25H2,1-4H3,(H,26,30)(H,27,29)/t19-,20-/m0/s1. The Labute approximate surface area is 183 Å². The Morgan fingerprint density at radius 3 is 2.42 bits per heavy atom. The first-order chi connectivity index (χ1) is 14.6.